The summed E-state index contributed by atoms with van der Waals surface area (Å²) >= 11 is 0. The van der Waals surface area contributed by atoms with Crippen molar-refractivity contribution < 1.29 is 28.3 Å². The SMILES string of the molecule is COc1ccc(CN(C(=O)CNC(=O)c2ccco2)[C@@H](C(=O)NC[C@H]2CCCO2)c2ccccc2)cc1. The molecule has 0 spiro atoms. The molecule has 0 bridgehead atoms. The molecule has 1 aliphatic rings. The Bertz CT molecular complexity index is 1160. The molecule has 37 heavy (non-hydrogen) atoms. The fourth-order valence-electron chi connectivity index (χ4n) is 4.23. The Morgan fingerprint density at radius 1 is 1.03 bits per heavy atom. The summed E-state index contributed by atoms with van der Waals surface area (Å²) in [5.74, 6) is -0.468. The second kappa shape index (κ2) is 12.7. The zero-order valence-corrected chi connectivity index (χ0v) is 20.7. The van der Waals surface area contributed by atoms with Crippen molar-refractivity contribution in [3.63, 3.8) is 0 Å². The van der Waals surface area contributed by atoms with E-state index in [1.165, 1.54) is 17.2 Å². The summed E-state index contributed by atoms with van der Waals surface area (Å²) in [5, 5.41) is 5.57. The van der Waals surface area contributed by atoms with Crippen molar-refractivity contribution in [1.29, 1.82) is 0 Å². The molecule has 9 nitrogen and oxygen atoms in total. The Kier molecular flexibility index (Phi) is 8.93. The van der Waals surface area contributed by atoms with Gasteiger partial charge in [0.15, 0.2) is 5.76 Å². The number of carbonyl (C=O) groups excluding carboxylic acids is 3. The third kappa shape index (κ3) is 6.98. The van der Waals surface area contributed by atoms with Gasteiger partial charge in [-0.2, -0.15) is 0 Å². The maximum Gasteiger partial charge on any atom is 0.287 e. The lowest BCUT2D eigenvalue weighted by Gasteiger charge is -2.32. The lowest BCUT2D eigenvalue weighted by Crippen LogP contribution is -2.48. The Balaban J connectivity index is 1.59. The molecule has 0 saturated carbocycles. The number of hydrogen-bond donors (Lipinski definition) is 2. The van der Waals surface area contributed by atoms with E-state index in [1.54, 1.807) is 25.3 Å². The van der Waals surface area contributed by atoms with Crippen LogP contribution in [0.2, 0.25) is 0 Å². The molecule has 1 aliphatic heterocycles. The molecule has 2 atom stereocenters. The first-order valence-electron chi connectivity index (χ1n) is 12.2. The molecule has 0 aliphatic carbocycles. The van der Waals surface area contributed by atoms with Crippen molar-refractivity contribution in [2.45, 2.75) is 31.5 Å². The fraction of sp³-hybridized carbons (Fsp3) is 0.321. The molecule has 2 heterocycles. The zero-order chi connectivity index (χ0) is 26.0. The Morgan fingerprint density at radius 2 is 1.81 bits per heavy atom. The van der Waals surface area contributed by atoms with Crippen LogP contribution in [0.15, 0.2) is 77.4 Å². The number of furan rings is 1. The normalized spacial score (nSPS) is 15.5. The van der Waals surface area contributed by atoms with E-state index in [-0.39, 0.29) is 30.9 Å². The van der Waals surface area contributed by atoms with Crippen LogP contribution in [0.4, 0.5) is 0 Å². The van der Waals surface area contributed by atoms with Gasteiger partial charge >= 0.3 is 0 Å². The monoisotopic (exact) mass is 505 g/mol. The second-order valence-corrected chi connectivity index (χ2v) is 8.72. The minimum absolute atomic E-state index is 0.0429. The Labute approximate surface area is 215 Å². The van der Waals surface area contributed by atoms with Gasteiger partial charge in [0.05, 0.1) is 26.0 Å². The van der Waals surface area contributed by atoms with Crippen LogP contribution in [0.25, 0.3) is 0 Å². The molecular weight excluding hydrogens is 474 g/mol. The maximum absolute atomic E-state index is 13.6. The number of nitrogens with zero attached hydrogens (tertiary/aromatic N) is 1. The molecule has 0 unspecified atom stereocenters. The van der Waals surface area contributed by atoms with Crippen molar-refractivity contribution in [3.8, 4) is 5.75 Å². The smallest absolute Gasteiger partial charge is 0.287 e. The molecule has 1 aromatic heterocycles. The highest BCUT2D eigenvalue weighted by atomic mass is 16.5. The molecule has 1 saturated heterocycles. The largest absolute Gasteiger partial charge is 0.497 e. The van der Waals surface area contributed by atoms with Gasteiger partial charge in [-0.15, -0.1) is 0 Å². The van der Waals surface area contributed by atoms with Gasteiger partial charge in [0, 0.05) is 19.7 Å². The van der Waals surface area contributed by atoms with Gasteiger partial charge in [-0.05, 0) is 48.2 Å². The number of methoxy groups -OCH3 is 1. The standard InChI is InChI=1S/C28H31N3O6/c1-35-22-13-11-20(12-14-22)19-31(25(32)18-30-27(33)24-10-6-16-37-24)26(21-7-3-2-4-8-21)28(34)29-17-23-9-5-15-36-23/h2-4,6-8,10-14,16,23,26H,5,9,15,17-19H2,1H3,(H,29,34)(H,30,33)/t23-,26-/m1/s1. The average Bonchev–Trinajstić information content (AvgIpc) is 3.66. The number of hydrogen-bond acceptors (Lipinski definition) is 6. The third-order valence-corrected chi connectivity index (χ3v) is 6.18. The highest BCUT2D eigenvalue weighted by Gasteiger charge is 2.32. The van der Waals surface area contributed by atoms with E-state index >= 15 is 0 Å². The number of nitrogens with one attached hydrogen (secondary N) is 2. The number of rotatable bonds is 11. The van der Waals surface area contributed by atoms with E-state index in [1.807, 2.05) is 42.5 Å². The van der Waals surface area contributed by atoms with Gasteiger partial charge in [-0.3, -0.25) is 14.4 Å². The first-order valence-corrected chi connectivity index (χ1v) is 12.2. The van der Waals surface area contributed by atoms with Crippen LogP contribution in [0.1, 0.15) is 40.6 Å². The zero-order valence-electron chi connectivity index (χ0n) is 20.7. The van der Waals surface area contributed by atoms with Crippen LogP contribution in [0.5, 0.6) is 5.75 Å². The van der Waals surface area contributed by atoms with Gasteiger partial charge < -0.3 is 29.4 Å². The third-order valence-electron chi connectivity index (χ3n) is 6.18. The van der Waals surface area contributed by atoms with E-state index in [4.69, 9.17) is 13.9 Å². The summed E-state index contributed by atoms with van der Waals surface area (Å²) in [7, 11) is 1.58. The molecule has 9 heteroatoms. The van der Waals surface area contributed by atoms with Crippen LogP contribution in [-0.2, 0) is 20.9 Å². The average molecular weight is 506 g/mol. The van der Waals surface area contributed by atoms with Gasteiger partial charge in [-0.1, -0.05) is 42.5 Å². The summed E-state index contributed by atoms with van der Waals surface area (Å²) < 4.78 is 16.0. The summed E-state index contributed by atoms with van der Waals surface area (Å²) in [6.45, 7) is 0.881. The highest BCUT2D eigenvalue weighted by molar-refractivity contribution is 5.95. The van der Waals surface area contributed by atoms with Crippen LogP contribution in [-0.4, -0.2) is 55.5 Å². The summed E-state index contributed by atoms with van der Waals surface area (Å²) in [6.07, 6.45) is 3.18. The number of ether oxygens (including phenoxy) is 2. The number of carbonyl (C=O) groups is 3. The van der Waals surface area contributed by atoms with Crippen LogP contribution in [0.3, 0.4) is 0 Å². The fourth-order valence-corrected chi connectivity index (χ4v) is 4.23. The summed E-state index contributed by atoms with van der Waals surface area (Å²) in [6, 6.07) is 18.6. The quantitative estimate of drug-likeness (QED) is 0.415. The first-order chi connectivity index (χ1) is 18.0. The van der Waals surface area contributed by atoms with Gasteiger partial charge in [0.1, 0.15) is 11.8 Å². The molecule has 3 aromatic rings. The molecule has 2 aromatic carbocycles. The van der Waals surface area contributed by atoms with E-state index in [2.05, 4.69) is 10.6 Å². The molecule has 2 N–H and O–H groups in total. The summed E-state index contributed by atoms with van der Waals surface area (Å²) in [4.78, 5) is 41.0. The number of benzene rings is 2. The Hall–Kier alpha value is -4.11. The predicted octanol–water partition coefficient (Wildman–Crippen LogP) is 3.08. The van der Waals surface area contributed by atoms with E-state index < -0.39 is 17.9 Å². The minimum atomic E-state index is -0.919. The van der Waals surface area contributed by atoms with Gasteiger partial charge in [-0.25, -0.2) is 0 Å². The lowest BCUT2D eigenvalue weighted by molar-refractivity contribution is -0.141. The van der Waals surface area contributed by atoms with Gasteiger partial charge in [0.25, 0.3) is 5.91 Å². The molecule has 1 fully saturated rings. The van der Waals surface area contributed by atoms with Crippen LogP contribution < -0.4 is 15.4 Å². The lowest BCUT2D eigenvalue weighted by atomic mass is 10.0. The minimum Gasteiger partial charge on any atom is -0.497 e. The van der Waals surface area contributed by atoms with Crippen molar-refractivity contribution in [3.05, 3.63) is 89.9 Å². The second-order valence-electron chi connectivity index (χ2n) is 8.72. The van der Waals surface area contributed by atoms with E-state index in [0.717, 1.165) is 18.4 Å². The van der Waals surface area contributed by atoms with Crippen molar-refractivity contribution in [1.82, 2.24) is 15.5 Å². The van der Waals surface area contributed by atoms with Gasteiger partial charge in [0.2, 0.25) is 11.8 Å². The predicted molar refractivity (Wildman–Crippen MR) is 136 cm³/mol. The van der Waals surface area contributed by atoms with E-state index in [9.17, 15) is 14.4 Å². The first kappa shape index (κ1) is 26.0. The molecule has 194 valence electrons. The van der Waals surface area contributed by atoms with Crippen LogP contribution >= 0.6 is 0 Å². The molecule has 4 rings (SSSR count). The molecular formula is C28H31N3O6. The number of amides is 3. The topological polar surface area (TPSA) is 110 Å². The van der Waals surface area contributed by atoms with E-state index in [0.29, 0.717) is 24.5 Å². The Morgan fingerprint density at radius 3 is 2.46 bits per heavy atom. The molecule has 0 radical (unpaired) electrons. The highest BCUT2D eigenvalue weighted by Crippen LogP contribution is 2.25. The van der Waals surface area contributed by atoms with Crippen molar-refractivity contribution in [2.24, 2.45) is 0 Å². The maximum atomic E-state index is 13.6. The van der Waals surface area contributed by atoms with Crippen molar-refractivity contribution in [2.75, 3.05) is 26.8 Å². The van der Waals surface area contributed by atoms with Crippen LogP contribution in [0, 0.1) is 0 Å². The summed E-state index contributed by atoms with van der Waals surface area (Å²) in [5.41, 5.74) is 1.46. The van der Waals surface area contributed by atoms with Crippen molar-refractivity contribution >= 4 is 17.7 Å². The molecule has 3 amide bonds.